The van der Waals surface area contributed by atoms with Gasteiger partial charge in [-0.1, -0.05) is 30.3 Å². The second kappa shape index (κ2) is 9.32. The number of rotatable bonds is 9. The molecule has 150 valence electrons. The first kappa shape index (κ1) is 20.5. The van der Waals surface area contributed by atoms with Crippen molar-refractivity contribution in [1.82, 2.24) is 4.90 Å². The number of carbonyl (C=O) groups is 1. The Morgan fingerprint density at radius 2 is 1.86 bits per heavy atom. The Balaban J connectivity index is 1.61. The van der Waals surface area contributed by atoms with E-state index in [9.17, 15) is 18.3 Å². The molecule has 1 heterocycles. The van der Waals surface area contributed by atoms with Crippen molar-refractivity contribution in [2.45, 2.75) is 25.1 Å². The van der Waals surface area contributed by atoms with Crippen LogP contribution in [0, 0.1) is 0 Å². The number of carbonyl (C=O) groups excluding carboxylic acids is 1. The largest absolute Gasteiger partial charge is 0.491 e. The van der Waals surface area contributed by atoms with Crippen molar-refractivity contribution in [1.29, 1.82) is 0 Å². The van der Waals surface area contributed by atoms with Gasteiger partial charge in [0.15, 0.2) is 9.84 Å². The first-order valence-corrected chi connectivity index (χ1v) is 11.1. The molecule has 0 amide bonds. The highest BCUT2D eigenvalue weighted by molar-refractivity contribution is 7.91. The summed E-state index contributed by atoms with van der Waals surface area (Å²) >= 11 is 0. The van der Waals surface area contributed by atoms with Crippen LogP contribution >= 0.6 is 0 Å². The predicted molar refractivity (Wildman–Crippen MR) is 107 cm³/mol. The number of ether oxygens (including phenoxy) is 1. The summed E-state index contributed by atoms with van der Waals surface area (Å²) in [7, 11) is -3.01. The molecule has 1 N–H and O–H groups in total. The summed E-state index contributed by atoms with van der Waals surface area (Å²) in [5.41, 5.74) is 1.63. The SMILES string of the molecule is O=Cc1ccc(OCC(O)CN(Cc2ccccc2)C2CCS(=O)(=O)C2)cc1. The Morgan fingerprint density at radius 1 is 1.14 bits per heavy atom. The molecular formula is C21H25NO5S. The van der Waals surface area contributed by atoms with E-state index in [1.165, 1.54) is 0 Å². The van der Waals surface area contributed by atoms with E-state index in [-0.39, 0.29) is 24.2 Å². The normalized spacial score (nSPS) is 19.4. The third kappa shape index (κ3) is 5.89. The van der Waals surface area contributed by atoms with Gasteiger partial charge in [0.05, 0.1) is 11.5 Å². The molecule has 28 heavy (non-hydrogen) atoms. The first-order chi connectivity index (χ1) is 13.4. The monoisotopic (exact) mass is 403 g/mol. The van der Waals surface area contributed by atoms with E-state index >= 15 is 0 Å². The van der Waals surface area contributed by atoms with E-state index in [4.69, 9.17) is 4.74 Å². The van der Waals surface area contributed by atoms with Gasteiger partial charge in [0.1, 0.15) is 24.7 Å². The summed E-state index contributed by atoms with van der Waals surface area (Å²) in [6.07, 6.45) is 0.573. The molecule has 1 aliphatic heterocycles. The van der Waals surface area contributed by atoms with Crippen LogP contribution in [-0.2, 0) is 16.4 Å². The van der Waals surface area contributed by atoms with Crippen molar-refractivity contribution < 1.29 is 23.1 Å². The molecule has 2 unspecified atom stereocenters. The van der Waals surface area contributed by atoms with Gasteiger partial charge < -0.3 is 9.84 Å². The van der Waals surface area contributed by atoms with Gasteiger partial charge >= 0.3 is 0 Å². The number of sulfone groups is 1. The van der Waals surface area contributed by atoms with Crippen LogP contribution in [0.5, 0.6) is 5.75 Å². The number of hydrogen-bond acceptors (Lipinski definition) is 6. The molecule has 7 heteroatoms. The highest BCUT2D eigenvalue weighted by atomic mass is 32.2. The van der Waals surface area contributed by atoms with E-state index in [2.05, 4.69) is 0 Å². The van der Waals surface area contributed by atoms with Gasteiger partial charge in [-0.3, -0.25) is 9.69 Å². The van der Waals surface area contributed by atoms with Crippen molar-refractivity contribution in [2.75, 3.05) is 24.7 Å². The third-order valence-corrected chi connectivity index (χ3v) is 6.61. The fourth-order valence-corrected chi connectivity index (χ4v) is 5.14. The van der Waals surface area contributed by atoms with Gasteiger partial charge in [0.25, 0.3) is 0 Å². The van der Waals surface area contributed by atoms with Gasteiger partial charge in [0, 0.05) is 24.7 Å². The Bertz CT molecular complexity index is 867. The lowest BCUT2D eigenvalue weighted by Crippen LogP contribution is -2.42. The molecule has 0 aromatic heterocycles. The van der Waals surface area contributed by atoms with Crippen LogP contribution in [0.4, 0.5) is 0 Å². The van der Waals surface area contributed by atoms with Crippen LogP contribution in [0.1, 0.15) is 22.3 Å². The first-order valence-electron chi connectivity index (χ1n) is 9.30. The van der Waals surface area contributed by atoms with Gasteiger partial charge in [0.2, 0.25) is 0 Å². The number of aliphatic hydroxyl groups is 1. The van der Waals surface area contributed by atoms with Crippen LogP contribution in [-0.4, -0.2) is 61.5 Å². The molecule has 3 rings (SSSR count). The number of nitrogens with zero attached hydrogens (tertiary/aromatic N) is 1. The summed E-state index contributed by atoms with van der Waals surface area (Å²) in [5.74, 6) is 0.891. The summed E-state index contributed by atoms with van der Waals surface area (Å²) in [5, 5.41) is 10.5. The maximum atomic E-state index is 11.9. The molecule has 2 aromatic carbocycles. The average molecular weight is 404 g/mol. The summed E-state index contributed by atoms with van der Waals surface area (Å²) < 4.78 is 29.4. The maximum Gasteiger partial charge on any atom is 0.151 e. The summed E-state index contributed by atoms with van der Waals surface area (Å²) in [6, 6.07) is 16.4. The Hall–Kier alpha value is -2.22. The topological polar surface area (TPSA) is 83.9 Å². The van der Waals surface area contributed by atoms with Crippen LogP contribution in [0.15, 0.2) is 54.6 Å². The van der Waals surface area contributed by atoms with Gasteiger partial charge in [-0.2, -0.15) is 0 Å². The smallest absolute Gasteiger partial charge is 0.151 e. The lowest BCUT2D eigenvalue weighted by molar-refractivity contribution is 0.0524. The predicted octanol–water partition coefficient (Wildman–Crippen LogP) is 1.93. The number of hydrogen-bond donors (Lipinski definition) is 1. The van der Waals surface area contributed by atoms with Crippen LogP contribution in [0.2, 0.25) is 0 Å². The number of benzene rings is 2. The highest BCUT2D eigenvalue weighted by Gasteiger charge is 2.33. The standard InChI is InChI=1S/C21H25NO5S/c23-14-18-6-8-21(9-7-18)27-15-20(24)13-22(12-17-4-2-1-3-5-17)19-10-11-28(25,26)16-19/h1-9,14,19-20,24H,10-13,15-16H2. The molecule has 2 atom stereocenters. The maximum absolute atomic E-state index is 11.9. The van der Waals surface area contributed by atoms with E-state index < -0.39 is 15.9 Å². The van der Waals surface area contributed by atoms with E-state index in [0.29, 0.717) is 30.8 Å². The average Bonchev–Trinajstić information content (AvgIpc) is 3.07. The minimum absolute atomic E-state index is 0.0885. The molecule has 0 bridgehead atoms. The minimum atomic E-state index is -3.01. The Labute approximate surface area is 165 Å². The molecule has 0 saturated carbocycles. The van der Waals surface area contributed by atoms with Crippen LogP contribution < -0.4 is 4.74 Å². The second-order valence-corrected chi connectivity index (χ2v) is 9.35. The zero-order valence-electron chi connectivity index (χ0n) is 15.6. The molecule has 6 nitrogen and oxygen atoms in total. The number of aldehydes is 1. The van der Waals surface area contributed by atoms with E-state index in [0.717, 1.165) is 11.8 Å². The second-order valence-electron chi connectivity index (χ2n) is 7.12. The van der Waals surface area contributed by atoms with Crippen molar-refractivity contribution in [3.8, 4) is 5.75 Å². The zero-order valence-corrected chi connectivity index (χ0v) is 16.4. The molecule has 0 radical (unpaired) electrons. The molecule has 1 fully saturated rings. The van der Waals surface area contributed by atoms with E-state index in [1.807, 2.05) is 35.2 Å². The molecule has 0 aliphatic carbocycles. The quantitative estimate of drug-likeness (QED) is 0.644. The van der Waals surface area contributed by atoms with Gasteiger partial charge in [-0.15, -0.1) is 0 Å². The van der Waals surface area contributed by atoms with Gasteiger partial charge in [-0.05, 0) is 36.2 Å². The third-order valence-electron chi connectivity index (χ3n) is 4.86. The molecular weight excluding hydrogens is 378 g/mol. The van der Waals surface area contributed by atoms with Crippen LogP contribution in [0.25, 0.3) is 0 Å². The summed E-state index contributed by atoms with van der Waals surface area (Å²) in [6.45, 7) is 0.985. The van der Waals surface area contributed by atoms with Crippen LogP contribution in [0.3, 0.4) is 0 Å². The minimum Gasteiger partial charge on any atom is -0.491 e. The fraction of sp³-hybridized carbons (Fsp3) is 0.381. The zero-order chi connectivity index (χ0) is 20.0. The molecule has 1 aliphatic rings. The Morgan fingerprint density at radius 3 is 2.46 bits per heavy atom. The van der Waals surface area contributed by atoms with Crippen molar-refractivity contribution in [3.63, 3.8) is 0 Å². The van der Waals surface area contributed by atoms with Crippen molar-refractivity contribution >= 4 is 16.1 Å². The Kier molecular flexibility index (Phi) is 6.83. The molecule has 1 saturated heterocycles. The van der Waals surface area contributed by atoms with Crippen molar-refractivity contribution in [2.24, 2.45) is 0 Å². The molecule has 2 aromatic rings. The van der Waals surface area contributed by atoms with Crippen molar-refractivity contribution in [3.05, 3.63) is 65.7 Å². The van der Waals surface area contributed by atoms with E-state index in [1.54, 1.807) is 24.3 Å². The van der Waals surface area contributed by atoms with Gasteiger partial charge in [-0.25, -0.2) is 8.42 Å². The number of aliphatic hydroxyl groups excluding tert-OH is 1. The summed E-state index contributed by atoms with van der Waals surface area (Å²) in [4.78, 5) is 12.7. The lowest BCUT2D eigenvalue weighted by atomic mass is 10.1. The lowest BCUT2D eigenvalue weighted by Gasteiger charge is -2.30. The molecule has 0 spiro atoms. The highest BCUT2D eigenvalue weighted by Crippen LogP contribution is 2.21. The fourth-order valence-electron chi connectivity index (χ4n) is 3.38.